The second kappa shape index (κ2) is 11.4. The Kier molecular flexibility index (Phi) is 8.08. The van der Waals surface area contributed by atoms with E-state index in [1.54, 1.807) is 0 Å². The summed E-state index contributed by atoms with van der Waals surface area (Å²) in [5.74, 6) is 0.263. The summed E-state index contributed by atoms with van der Waals surface area (Å²) in [6, 6.07) is 11.5. The summed E-state index contributed by atoms with van der Waals surface area (Å²) in [4.78, 5) is 24.7. The number of hydrogen-bond donors (Lipinski definition) is 3. The zero-order chi connectivity index (χ0) is 23.8. The molecule has 2 aromatic carbocycles. The number of fused-ring (bicyclic) bond motifs is 1. The average molecular weight is 482 g/mol. The van der Waals surface area contributed by atoms with Gasteiger partial charge in [0.1, 0.15) is 12.0 Å². The Hall–Kier alpha value is -3.04. The number of ether oxygens (including phenoxy) is 1. The van der Waals surface area contributed by atoms with Gasteiger partial charge in [-0.2, -0.15) is 0 Å². The van der Waals surface area contributed by atoms with Gasteiger partial charge in [0.25, 0.3) is 5.91 Å². The molecule has 8 nitrogen and oxygen atoms in total. The Morgan fingerprint density at radius 3 is 2.68 bits per heavy atom. The molecule has 0 atom stereocenters. The summed E-state index contributed by atoms with van der Waals surface area (Å²) in [5, 5.41) is 20.6. The van der Waals surface area contributed by atoms with E-state index in [0.29, 0.717) is 34.7 Å². The second-order valence-corrected chi connectivity index (χ2v) is 9.48. The molecule has 1 fully saturated rings. The van der Waals surface area contributed by atoms with Crippen LogP contribution >= 0.6 is 11.3 Å². The van der Waals surface area contributed by atoms with Crippen molar-refractivity contribution in [2.75, 3.05) is 30.3 Å². The van der Waals surface area contributed by atoms with E-state index in [-0.39, 0.29) is 11.4 Å². The van der Waals surface area contributed by atoms with Gasteiger partial charge in [0.15, 0.2) is 0 Å². The summed E-state index contributed by atoms with van der Waals surface area (Å²) in [7, 11) is 0. The number of aromatic nitrogens is 2. The van der Waals surface area contributed by atoms with Gasteiger partial charge in [0, 0.05) is 6.54 Å². The lowest BCUT2D eigenvalue weighted by Crippen LogP contribution is -2.48. The van der Waals surface area contributed by atoms with Crippen LogP contribution in [0.15, 0.2) is 36.4 Å². The van der Waals surface area contributed by atoms with Crippen molar-refractivity contribution in [3.05, 3.63) is 42.0 Å². The Balaban J connectivity index is 1.32. The summed E-state index contributed by atoms with van der Waals surface area (Å²) in [5.41, 5.74) is 0.142. The smallest absolute Gasteiger partial charge is 0.261 e. The second-order valence-electron chi connectivity index (χ2n) is 8.50. The van der Waals surface area contributed by atoms with Crippen LogP contribution in [0, 0.1) is 0 Å². The lowest BCUT2D eigenvalue weighted by molar-refractivity contribution is -0.114. The number of rotatable bonds is 11. The SMILES string of the molecule is CCOc1ccc2ccccc2c1C(=O)Nc1nnc(NCCCNC2(C=O)CCCCC2)s1. The molecule has 1 aromatic heterocycles. The van der Waals surface area contributed by atoms with Gasteiger partial charge in [-0.05, 0) is 49.6 Å². The molecule has 0 bridgehead atoms. The van der Waals surface area contributed by atoms with Gasteiger partial charge in [-0.15, -0.1) is 10.2 Å². The minimum atomic E-state index is -0.347. The Morgan fingerprint density at radius 1 is 1.09 bits per heavy atom. The fourth-order valence-electron chi connectivity index (χ4n) is 4.41. The van der Waals surface area contributed by atoms with E-state index in [4.69, 9.17) is 4.74 Å². The Labute approximate surface area is 203 Å². The molecule has 0 spiro atoms. The van der Waals surface area contributed by atoms with E-state index < -0.39 is 0 Å². The molecule has 3 N–H and O–H groups in total. The third-order valence-electron chi connectivity index (χ3n) is 6.14. The number of benzene rings is 2. The number of amides is 1. The Morgan fingerprint density at radius 2 is 1.88 bits per heavy atom. The fraction of sp³-hybridized carbons (Fsp3) is 0.440. The summed E-state index contributed by atoms with van der Waals surface area (Å²) in [6.07, 6.45) is 7.21. The van der Waals surface area contributed by atoms with Crippen molar-refractivity contribution in [3.63, 3.8) is 0 Å². The van der Waals surface area contributed by atoms with Crippen molar-refractivity contribution < 1.29 is 14.3 Å². The zero-order valence-electron chi connectivity index (χ0n) is 19.4. The first-order chi connectivity index (χ1) is 16.6. The van der Waals surface area contributed by atoms with Crippen molar-refractivity contribution >= 4 is 44.6 Å². The Bertz CT molecular complexity index is 1130. The van der Waals surface area contributed by atoms with Crippen LogP contribution in [0.2, 0.25) is 0 Å². The maximum Gasteiger partial charge on any atom is 0.261 e. The van der Waals surface area contributed by atoms with Crippen molar-refractivity contribution in [2.24, 2.45) is 0 Å². The molecule has 0 unspecified atom stereocenters. The number of hydrogen-bond acceptors (Lipinski definition) is 8. The predicted octanol–water partition coefficient (Wildman–Crippen LogP) is 4.64. The van der Waals surface area contributed by atoms with Crippen LogP contribution in [0.4, 0.5) is 10.3 Å². The number of aldehydes is 1. The first-order valence-corrected chi connectivity index (χ1v) is 12.7. The van der Waals surface area contributed by atoms with Gasteiger partial charge in [0.05, 0.1) is 17.7 Å². The maximum absolute atomic E-state index is 13.1. The largest absolute Gasteiger partial charge is 0.493 e. The molecule has 1 saturated carbocycles. The van der Waals surface area contributed by atoms with Crippen LogP contribution in [-0.4, -0.2) is 47.6 Å². The quantitative estimate of drug-likeness (QED) is 0.271. The first-order valence-electron chi connectivity index (χ1n) is 11.9. The normalized spacial score (nSPS) is 15.1. The molecule has 0 radical (unpaired) electrons. The monoisotopic (exact) mass is 481 g/mol. The molecule has 1 heterocycles. The molecule has 1 amide bonds. The van der Waals surface area contributed by atoms with Crippen LogP contribution in [0.3, 0.4) is 0 Å². The number of anilines is 2. The highest BCUT2D eigenvalue weighted by atomic mass is 32.1. The van der Waals surface area contributed by atoms with Crippen LogP contribution in [0.25, 0.3) is 10.8 Å². The van der Waals surface area contributed by atoms with Crippen molar-refractivity contribution in [2.45, 2.75) is 51.0 Å². The molecule has 0 saturated heterocycles. The lowest BCUT2D eigenvalue weighted by Gasteiger charge is -2.33. The predicted molar refractivity (Wildman–Crippen MR) is 136 cm³/mol. The number of carbonyl (C=O) groups excluding carboxylic acids is 2. The number of nitrogens with one attached hydrogen (secondary N) is 3. The van der Waals surface area contributed by atoms with Gasteiger partial charge in [-0.1, -0.05) is 60.9 Å². The van der Waals surface area contributed by atoms with E-state index in [2.05, 4.69) is 26.1 Å². The minimum absolute atomic E-state index is 0.279. The van der Waals surface area contributed by atoms with E-state index in [0.717, 1.165) is 55.7 Å². The van der Waals surface area contributed by atoms with E-state index in [9.17, 15) is 9.59 Å². The summed E-state index contributed by atoms with van der Waals surface area (Å²) >= 11 is 1.29. The third-order valence-corrected chi connectivity index (χ3v) is 6.94. The number of nitrogens with zero attached hydrogens (tertiary/aromatic N) is 2. The summed E-state index contributed by atoms with van der Waals surface area (Å²) in [6.45, 7) is 3.81. The summed E-state index contributed by atoms with van der Waals surface area (Å²) < 4.78 is 5.71. The van der Waals surface area contributed by atoms with Crippen LogP contribution < -0.4 is 20.7 Å². The topological polar surface area (TPSA) is 105 Å². The highest BCUT2D eigenvalue weighted by Gasteiger charge is 2.30. The van der Waals surface area contributed by atoms with Crippen molar-refractivity contribution in [1.82, 2.24) is 15.5 Å². The highest BCUT2D eigenvalue weighted by molar-refractivity contribution is 7.19. The van der Waals surface area contributed by atoms with E-state index in [1.165, 1.54) is 17.8 Å². The molecule has 9 heteroatoms. The molecule has 180 valence electrons. The van der Waals surface area contributed by atoms with Gasteiger partial charge in [-0.25, -0.2) is 0 Å². The standard InChI is InChI=1S/C25H31N5O3S/c1-2-33-20-12-11-18-9-4-5-10-19(18)21(20)22(32)28-24-30-29-23(34-24)26-15-8-16-27-25(17-31)13-6-3-7-14-25/h4-5,9-12,17,27H,2-3,6-8,13-16H2,1H3,(H,26,29)(H,28,30,32). The third kappa shape index (κ3) is 5.71. The van der Waals surface area contributed by atoms with E-state index >= 15 is 0 Å². The lowest BCUT2D eigenvalue weighted by atomic mass is 9.83. The van der Waals surface area contributed by atoms with Gasteiger partial charge in [0.2, 0.25) is 10.3 Å². The van der Waals surface area contributed by atoms with Crippen molar-refractivity contribution in [1.29, 1.82) is 0 Å². The average Bonchev–Trinajstić information content (AvgIpc) is 3.31. The van der Waals surface area contributed by atoms with Crippen molar-refractivity contribution in [3.8, 4) is 5.75 Å². The molecule has 1 aliphatic carbocycles. The van der Waals surface area contributed by atoms with Crippen LogP contribution in [0.1, 0.15) is 55.8 Å². The number of carbonyl (C=O) groups is 2. The van der Waals surface area contributed by atoms with Gasteiger partial charge >= 0.3 is 0 Å². The molecule has 1 aliphatic rings. The van der Waals surface area contributed by atoms with Crippen LogP contribution in [0.5, 0.6) is 5.75 Å². The molecular weight excluding hydrogens is 450 g/mol. The van der Waals surface area contributed by atoms with Gasteiger partial charge in [-0.3, -0.25) is 10.1 Å². The molecule has 34 heavy (non-hydrogen) atoms. The highest BCUT2D eigenvalue weighted by Crippen LogP contribution is 2.30. The fourth-order valence-corrected chi connectivity index (χ4v) is 5.07. The minimum Gasteiger partial charge on any atom is -0.493 e. The zero-order valence-corrected chi connectivity index (χ0v) is 20.2. The molecule has 0 aliphatic heterocycles. The molecular formula is C25H31N5O3S. The van der Waals surface area contributed by atoms with E-state index in [1.807, 2.05) is 43.3 Å². The molecule has 4 rings (SSSR count). The first kappa shape index (κ1) is 24.1. The van der Waals surface area contributed by atoms with Gasteiger partial charge < -0.3 is 20.2 Å². The van der Waals surface area contributed by atoms with Crippen LogP contribution in [-0.2, 0) is 4.79 Å². The molecule has 3 aromatic rings. The maximum atomic E-state index is 13.1.